The number of nitrogens with one attached hydrogen (secondary N) is 2. The lowest BCUT2D eigenvalue weighted by molar-refractivity contribution is -0.0296. The first-order chi connectivity index (χ1) is 17.3. The van der Waals surface area contributed by atoms with Gasteiger partial charge in [-0.15, -0.1) is 0 Å². The van der Waals surface area contributed by atoms with E-state index in [9.17, 15) is 9.59 Å². The fraction of sp³-hybridized carbons (Fsp3) is 0.483. The summed E-state index contributed by atoms with van der Waals surface area (Å²) in [6.07, 6.45) is 3.22. The summed E-state index contributed by atoms with van der Waals surface area (Å²) in [7, 11) is 0. The van der Waals surface area contributed by atoms with Crippen LogP contribution in [-0.2, 0) is 15.9 Å². The molecule has 1 unspecified atom stereocenters. The summed E-state index contributed by atoms with van der Waals surface area (Å²) in [6, 6.07) is 15.0. The zero-order chi connectivity index (χ0) is 26.9. The Kier molecular flexibility index (Phi) is 7.08. The average Bonchev–Trinajstić information content (AvgIpc) is 3.77. The van der Waals surface area contributed by atoms with E-state index in [0.717, 1.165) is 11.1 Å². The summed E-state index contributed by atoms with van der Waals surface area (Å²) in [5, 5.41) is 14.1. The highest BCUT2D eigenvalue weighted by molar-refractivity contribution is 5.95. The fourth-order valence-electron chi connectivity index (χ4n) is 4.01. The lowest BCUT2D eigenvalue weighted by Gasteiger charge is -2.30. The van der Waals surface area contributed by atoms with Crippen molar-refractivity contribution >= 4 is 18.0 Å². The van der Waals surface area contributed by atoms with Gasteiger partial charge in [0.1, 0.15) is 5.54 Å². The van der Waals surface area contributed by atoms with E-state index in [2.05, 4.69) is 25.9 Å². The minimum absolute atomic E-state index is 0.101. The van der Waals surface area contributed by atoms with Crippen LogP contribution in [0.5, 0.6) is 0 Å². The Labute approximate surface area is 219 Å². The molecule has 0 saturated heterocycles. The second-order valence-electron chi connectivity index (χ2n) is 11.5. The normalized spacial score (nSPS) is 19.4. The molecule has 2 aliphatic heterocycles. The maximum atomic E-state index is 12.7. The van der Waals surface area contributed by atoms with Crippen molar-refractivity contribution < 1.29 is 14.3 Å². The van der Waals surface area contributed by atoms with E-state index in [1.165, 1.54) is 0 Å². The smallest absolute Gasteiger partial charge is 0.251 e. The Bertz CT molecular complexity index is 1200. The Morgan fingerprint density at radius 2 is 1.38 bits per heavy atom. The van der Waals surface area contributed by atoms with Crippen molar-refractivity contribution in [2.24, 2.45) is 15.2 Å². The first-order valence-corrected chi connectivity index (χ1v) is 12.8. The molecule has 0 spiro atoms. The van der Waals surface area contributed by atoms with Crippen LogP contribution in [0.15, 0.2) is 63.8 Å². The molecule has 2 amide bonds. The van der Waals surface area contributed by atoms with Gasteiger partial charge < -0.3 is 15.4 Å². The summed E-state index contributed by atoms with van der Waals surface area (Å²) in [6.45, 7) is 13.0. The van der Waals surface area contributed by atoms with Crippen LogP contribution in [0.2, 0.25) is 0 Å². The highest BCUT2D eigenvalue weighted by atomic mass is 16.5. The molecule has 37 heavy (non-hydrogen) atoms. The van der Waals surface area contributed by atoms with Crippen molar-refractivity contribution in [2.45, 2.75) is 76.7 Å². The zero-order valence-corrected chi connectivity index (χ0v) is 22.6. The second kappa shape index (κ2) is 9.82. The number of nitrogens with zero attached hydrogens (tertiary/aromatic N) is 3. The summed E-state index contributed by atoms with van der Waals surface area (Å²) in [5.41, 5.74) is 1.80. The maximum absolute atomic E-state index is 12.7. The first-order valence-electron chi connectivity index (χ1n) is 12.8. The van der Waals surface area contributed by atoms with E-state index in [1.807, 2.05) is 84.2 Å². The third-order valence-corrected chi connectivity index (χ3v) is 7.03. The van der Waals surface area contributed by atoms with Gasteiger partial charge in [-0.3, -0.25) is 14.6 Å². The number of rotatable bonds is 12. The molecule has 8 heteroatoms. The summed E-state index contributed by atoms with van der Waals surface area (Å²) < 4.78 is 6.12. The number of aliphatic imine (C=N–C) groups is 1. The van der Waals surface area contributed by atoms with Crippen molar-refractivity contribution in [2.75, 3.05) is 13.2 Å². The molecule has 2 aromatic rings. The summed E-state index contributed by atoms with van der Waals surface area (Å²) in [5.74, 6) is -0.226. The van der Waals surface area contributed by atoms with Gasteiger partial charge in [0.25, 0.3) is 11.8 Å². The van der Waals surface area contributed by atoms with Crippen molar-refractivity contribution in [1.29, 1.82) is 0 Å². The van der Waals surface area contributed by atoms with Crippen LogP contribution in [-0.4, -0.2) is 42.3 Å². The zero-order valence-electron chi connectivity index (χ0n) is 22.6. The Balaban J connectivity index is 1.16. The van der Waals surface area contributed by atoms with Gasteiger partial charge in [-0.05, 0) is 84.2 Å². The van der Waals surface area contributed by atoms with E-state index in [4.69, 9.17) is 4.74 Å². The van der Waals surface area contributed by atoms with Gasteiger partial charge in [0.2, 0.25) is 5.66 Å². The molecular formula is C29H37N5O3. The average molecular weight is 504 g/mol. The second-order valence-corrected chi connectivity index (χ2v) is 11.5. The molecule has 4 rings (SSSR count). The number of hydrogen-bond donors (Lipinski definition) is 2. The van der Waals surface area contributed by atoms with E-state index < -0.39 is 16.8 Å². The molecule has 2 N–H and O–H groups in total. The van der Waals surface area contributed by atoms with Crippen LogP contribution in [0.4, 0.5) is 0 Å². The molecule has 196 valence electrons. The Morgan fingerprint density at radius 1 is 0.838 bits per heavy atom. The monoisotopic (exact) mass is 503 g/mol. The highest BCUT2D eigenvalue weighted by Gasteiger charge is 2.36. The van der Waals surface area contributed by atoms with E-state index in [-0.39, 0.29) is 17.4 Å². The molecule has 1 atom stereocenters. The van der Waals surface area contributed by atoms with Crippen molar-refractivity contribution in [3.05, 3.63) is 70.8 Å². The van der Waals surface area contributed by atoms with Gasteiger partial charge in [-0.1, -0.05) is 24.3 Å². The number of hydrogen-bond acceptors (Lipinski definition) is 6. The van der Waals surface area contributed by atoms with Crippen LogP contribution in [0, 0.1) is 0 Å². The molecule has 0 radical (unpaired) electrons. The van der Waals surface area contributed by atoms with Crippen LogP contribution >= 0.6 is 0 Å². The van der Waals surface area contributed by atoms with Crippen LogP contribution in [0.25, 0.3) is 0 Å². The predicted octanol–water partition coefficient (Wildman–Crippen LogP) is 5.14. The molecule has 2 heterocycles. The van der Waals surface area contributed by atoms with Gasteiger partial charge in [0.05, 0.1) is 5.60 Å². The summed E-state index contributed by atoms with van der Waals surface area (Å²) >= 11 is 0. The molecule has 0 bridgehead atoms. The van der Waals surface area contributed by atoms with Gasteiger partial charge in [0.15, 0.2) is 0 Å². The van der Waals surface area contributed by atoms with E-state index in [1.54, 1.807) is 12.1 Å². The quantitative estimate of drug-likeness (QED) is 0.419. The molecular weight excluding hydrogens is 466 g/mol. The third kappa shape index (κ3) is 6.89. The largest absolute Gasteiger partial charge is 0.375 e. The number of amides is 2. The van der Waals surface area contributed by atoms with Gasteiger partial charge in [0, 0.05) is 41.6 Å². The predicted molar refractivity (Wildman–Crippen MR) is 144 cm³/mol. The third-order valence-electron chi connectivity index (χ3n) is 7.03. The molecule has 0 aliphatic carbocycles. The van der Waals surface area contributed by atoms with Crippen LogP contribution < -0.4 is 10.6 Å². The van der Waals surface area contributed by atoms with Crippen molar-refractivity contribution in [3.8, 4) is 0 Å². The van der Waals surface area contributed by atoms with Crippen LogP contribution in [0.3, 0.4) is 0 Å². The lowest BCUT2D eigenvalue weighted by atomic mass is 9.98. The lowest BCUT2D eigenvalue weighted by Crippen LogP contribution is -2.45. The molecule has 2 aromatic carbocycles. The molecule has 0 saturated carbocycles. The number of carbonyl (C=O) groups is 2. The fourth-order valence-corrected chi connectivity index (χ4v) is 4.01. The van der Waals surface area contributed by atoms with Gasteiger partial charge >= 0.3 is 0 Å². The Morgan fingerprint density at radius 3 is 1.92 bits per heavy atom. The topological polar surface area (TPSA) is 105 Å². The molecule has 0 fully saturated rings. The molecule has 8 nitrogen and oxygen atoms in total. The minimum Gasteiger partial charge on any atom is -0.375 e. The standard InChI is InChI=1S/C29H37N5O3/c1-26(2,32-25(36)21-9-13-23(14-10-21)29(6)33-34-29)16-18-37-27(3,4)15-17-30-24(35)20-7-11-22(12-8-20)28(5)19-31-28/h7-14,19H,15-18H2,1-6H3,(H,30,35)(H,32,36). The summed E-state index contributed by atoms with van der Waals surface area (Å²) in [4.78, 5) is 29.5. The van der Waals surface area contributed by atoms with Gasteiger partial charge in [-0.25, -0.2) is 0 Å². The van der Waals surface area contributed by atoms with Gasteiger partial charge in [-0.2, -0.15) is 10.2 Å². The molecule has 0 aromatic heterocycles. The Hall–Kier alpha value is -3.39. The number of benzene rings is 2. The van der Waals surface area contributed by atoms with Crippen molar-refractivity contribution in [3.63, 3.8) is 0 Å². The first kappa shape index (κ1) is 26.7. The SMILES string of the molecule is CC(C)(CCOC(C)(C)CCNC(=O)c1ccc(C2(C)C=N2)cc1)NC(=O)c1ccc(C2(C)N=N2)cc1. The molecule has 2 aliphatic rings. The van der Waals surface area contributed by atoms with E-state index >= 15 is 0 Å². The highest BCUT2D eigenvalue weighted by Crippen LogP contribution is 2.38. The minimum atomic E-state index is -0.448. The van der Waals surface area contributed by atoms with E-state index in [0.29, 0.717) is 37.1 Å². The number of ether oxygens (including phenoxy) is 1. The van der Waals surface area contributed by atoms with Crippen LogP contribution in [0.1, 0.15) is 86.2 Å². The maximum Gasteiger partial charge on any atom is 0.251 e. The number of carbonyl (C=O) groups excluding carboxylic acids is 2. The van der Waals surface area contributed by atoms with Crippen molar-refractivity contribution in [1.82, 2.24) is 10.6 Å².